The molecule has 0 bridgehead atoms. The maximum atomic E-state index is 12.0. The van der Waals surface area contributed by atoms with Crippen molar-refractivity contribution in [2.75, 3.05) is 5.32 Å². The van der Waals surface area contributed by atoms with Crippen LogP contribution in [0.2, 0.25) is 0 Å². The van der Waals surface area contributed by atoms with Crippen LogP contribution in [-0.4, -0.2) is 15.0 Å². The van der Waals surface area contributed by atoms with Gasteiger partial charge in [0.25, 0.3) is 11.2 Å². The van der Waals surface area contributed by atoms with Crippen molar-refractivity contribution in [2.45, 2.75) is 18.4 Å². The van der Waals surface area contributed by atoms with E-state index in [1.165, 1.54) is 22.8 Å². The summed E-state index contributed by atoms with van der Waals surface area (Å²) in [6.07, 6.45) is 1.41. The van der Waals surface area contributed by atoms with Crippen LogP contribution in [0, 0.1) is 21.4 Å². The van der Waals surface area contributed by atoms with Gasteiger partial charge in [-0.3, -0.25) is 14.9 Å². The lowest BCUT2D eigenvalue weighted by atomic mass is 10.1. The van der Waals surface area contributed by atoms with Gasteiger partial charge in [-0.25, -0.2) is 0 Å². The van der Waals surface area contributed by atoms with Crippen LogP contribution < -0.4 is 10.9 Å². The van der Waals surface area contributed by atoms with Gasteiger partial charge in [0.15, 0.2) is 0 Å². The van der Waals surface area contributed by atoms with Crippen molar-refractivity contribution in [3.8, 4) is 6.07 Å². The molecule has 1 saturated carbocycles. The van der Waals surface area contributed by atoms with Crippen molar-refractivity contribution in [1.82, 2.24) is 4.57 Å². The van der Waals surface area contributed by atoms with Crippen molar-refractivity contribution >= 4 is 22.3 Å². The molecule has 1 heterocycles. The van der Waals surface area contributed by atoms with Gasteiger partial charge < -0.3 is 9.88 Å². The van der Waals surface area contributed by atoms with Crippen molar-refractivity contribution in [1.29, 1.82) is 5.26 Å². The fraction of sp³-hybridized carbons (Fsp3) is 0.286. The summed E-state index contributed by atoms with van der Waals surface area (Å²) in [4.78, 5) is 22.4. The van der Waals surface area contributed by atoms with E-state index in [0.717, 1.165) is 0 Å². The highest BCUT2D eigenvalue weighted by Gasteiger charge is 2.43. The highest BCUT2D eigenvalue weighted by molar-refractivity contribution is 5.93. The third-order valence-corrected chi connectivity index (χ3v) is 3.78. The number of nitro benzene ring substituents is 1. The summed E-state index contributed by atoms with van der Waals surface area (Å²) in [7, 11) is 1.61. The molecule has 1 aliphatic rings. The van der Waals surface area contributed by atoms with E-state index in [2.05, 4.69) is 11.4 Å². The lowest BCUT2D eigenvalue weighted by molar-refractivity contribution is -0.384. The SMILES string of the molecule is Cn1c(=O)cc(NC2(C#N)CC2)c2cc([N+](=O)[O-])ccc21. The van der Waals surface area contributed by atoms with E-state index in [0.29, 0.717) is 29.4 Å². The fourth-order valence-electron chi connectivity index (χ4n) is 2.31. The zero-order valence-electron chi connectivity index (χ0n) is 11.3. The standard InChI is InChI=1S/C14H12N4O3/c1-17-12-3-2-9(18(20)21)6-10(12)11(7-13(17)19)16-14(8-15)4-5-14/h2-3,6-7,16H,4-5H2,1H3. The highest BCUT2D eigenvalue weighted by atomic mass is 16.6. The molecule has 0 spiro atoms. The molecule has 1 aromatic heterocycles. The Hall–Kier alpha value is -2.88. The second kappa shape index (κ2) is 4.31. The predicted octanol–water partition coefficient (Wildman–Crippen LogP) is 1.91. The maximum Gasteiger partial charge on any atom is 0.270 e. The molecule has 106 valence electrons. The molecule has 3 rings (SSSR count). The average molecular weight is 284 g/mol. The lowest BCUT2D eigenvalue weighted by Crippen LogP contribution is -2.23. The number of nitrogens with zero attached hydrogens (tertiary/aromatic N) is 3. The molecule has 7 heteroatoms. The van der Waals surface area contributed by atoms with Crippen molar-refractivity contribution in [3.05, 3.63) is 44.7 Å². The second-order valence-corrected chi connectivity index (χ2v) is 5.23. The number of pyridine rings is 1. The van der Waals surface area contributed by atoms with Crippen molar-refractivity contribution in [2.24, 2.45) is 7.05 Å². The zero-order valence-corrected chi connectivity index (χ0v) is 11.3. The second-order valence-electron chi connectivity index (χ2n) is 5.23. The number of nitrogens with one attached hydrogen (secondary N) is 1. The largest absolute Gasteiger partial charge is 0.367 e. The molecule has 1 N–H and O–H groups in total. The number of aromatic nitrogens is 1. The first-order chi connectivity index (χ1) is 9.96. The van der Waals surface area contributed by atoms with Gasteiger partial charge in [0.1, 0.15) is 5.54 Å². The predicted molar refractivity (Wildman–Crippen MR) is 77.0 cm³/mol. The molecule has 2 aromatic rings. The van der Waals surface area contributed by atoms with E-state index in [4.69, 9.17) is 5.26 Å². The molecule has 1 aliphatic carbocycles. The summed E-state index contributed by atoms with van der Waals surface area (Å²) >= 11 is 0. The Bertz CT molecular complexity index is 859. The van der Waals surface area contributed by atoms with Crippen LogP contribution in [0.15, 0.2) is 29.1 Å². The van der Waals surface area contributed by atoms with E-state index in [9.17, 15) is 14.9 Å². The molecular formula is C14H12N4O3. The topological polar surface area (TPSA) is 101 Å². The molecule has 1 aromatic carbocycles. The number of nitro groups is 1. The smallest absolute Gasteiger partial charge is 0.270 e. The Morgan fingerprint density at radius 2 is 2.14 bits per heavy atom. The van der Waals surface area contributed by atoms with Gasteiger partial charge in [0.05, 0.1) is 22.2 Å². The molecule has 0 unspecified atom stereocenters. The van der Waals surface area contributed by atoms with Crippen LogP contribution >= 0.6 is 0 Å². The number of aryl methyl sites for hydroxylation is 1. The third-order valence-electron chi connectivity index (χ3n) is 3.78. The van der Waals surface area contributed by atoms with Gasteiger partial charge in [-0.05, 0) is 18.9 Å². The Morgan fingerprint density at radius 3 is 2.71 bits per heavy atom. The summed E-state index contributed by atoms with van der Waals surface area (Å²) in [5, 5.41) is 23.7. The third kappa shape index (κ3) is 2.10. The van der Waals surface area contributed by atoms with E-state index in [-0.39, 0.29) is 11.2 Å². The molecule has 0 atom stereocenters. The number of rotatable bonds is 3. The maximum absolute atomic E-state index is 12.0. The van der Waals surface area contributed by atoms with Crippen LogP contribution in [0.5, 0.6) is 0 Å². The summed E-state index contributed by atoms with van der Waals surface area (Å²) in [5.74, 6) is 0. The van der Waals surface area contributed by atoms with E-state index < -0.39 is 10.5 Å². The van der Waals surface area contributed by atoms with Crippen molar-refractivity contribution in [3.63, 3.8) is 0 Å². The molecule has 21 heavy (non-hydrogen) atoms. The van der Waals surface area contributed by atoms with Crippen molar-refractivity contribution < 1.29 is 4.92 Å². The van der Waals surface area contributed by atoms with Gasteiger partial charge in [-0.15, -0.1) is 0 Å². The first-order valence-electron chi connectivity index (χ1n) is 6.43. The van der Waals surface area contributed by atoms with Crippen LogP contribution in [0.1, 0.15) is 12.8 Å². The number of hydrogen-bond donors (Lipinski definition) is 1. The molecule has 0 aliphatic heterocycles. The molecule has 0 amide bonds. The monoisotopic (exact) mass is 284 g/mol. The zero-order chi connectivity index (χ0) is 15.2. The van der Waals surface area contributed by atoms with E-state index >= 15 is 0 Å². The number of nitriles is 1. The number of benzene rings is 1. The van der Waals surface area contributed by atoms with Crippen LogP contribution in [0.25, 0.3) is 10.9 Å². The van der Waals surface area contributed by atoms with Gasteiger partial charge in [0.2, 0.25) is 0 Å². The fourth-order valence-corrected chi connectivity index (χ4v) is 2.31. The van der Waals surface area contributed by atoms with E-state index in [1.807, 2.05) is 0 Å². The average Bonchev–Trinajstić information content (AvgIpc) is 3.24. The van der Waals surface area contributed by atoms with Gasteiger partial charge >= 0.3 is 0 Å². The summed E-state index contributed by atoms with van der Waals surface area (Å²) in [6.45, 7) is 0. The number of non-ortho nitro benzene ring substituents is 1. The minimum atomic E-state index is -0.649. The van der Waals surface area contributed by atoms with Gasteiger partial charge in [-0.2, -0.15) is 5.26 Å². The highest BCUT2D eigenvalue weighted by Crippen LogP contribution is 2.39. The first-order valence-corrected chi connectivity index (χ1v) is 6.43. The lowest BCUT2D eigenvalue weighted by Gasteiger charge is -2.14. The molecular weight excluding hydrogens is 272 g/mol. The Balaban J connectivity index is 2.24. The minimum absolute atomic E-state index is 0.0500. The Labute approximate surface area is 119 Å². The number of anilines is 1. The Kier molecular flexibility index (Phi) is 2.69. The summed E-state index contributed by atoms with van der Waals surface area (Å²) < 4.78 is 1.43. The van der Waals surface area contributed by atoms with Crippen LogP contribution in [0.4, 0.5) is 11.4 Å². The summed E-state index contributed by atoms with van der Waals surface area (Å²) in [5.41, 5.74) is 0.128. The molecule has 0 radical (unpaired) electrons. The summed E-state index contributed by atoms with van der Waals surface area (Å²) in [6, 6.07) is 7.89. The van der Waals surface area contributed by atoms with E-state index in [1.54, 1.807) is 13.1 Å². The molecule has 0 saturated heterocycles. The quantitative estimate of drug-likeness (QED) is 0.685. The molecule has 1 fully saturated rings. The van der Waals surface area contributed by atoms with Crippen LogP contribution in [0.3, 0.4) is 0 Å². The minimum Gasteiger partial charge on any atom is -0.367 e. The first kappa shape index (κ1) is 13.1. The van der Waals surface area contributed by atoms with Crippen LogP contribution in [-0.2, 0) is 7.05 Å². The molecule has 7 nitrogen and oxygen atoms in total. The Morgan fingerprint density at radius 1 is 1.43 bits per heavy atom. The van der Waals surface area contributed by atoms with Gasteiger partial charge in [-0.1, -0.05) is 0 Å². The number of fused-ring (bicyclic) bond motifs is 1. The number of hydrogen-bond acceptors (Lipinski definition) is 5. The normalized spacial score (nSPS) is 15.4. The van der Waals surface area contributed by atoms with Gasteiger partial charge in [0, 0.05) is 30.6 Å².